The van der Waals surface area contributed by atoms with E-state index in [0.29, 0.717) is 6.42 Å². The number of thioether (sulfide) groups is 1. The van der Waals surface area contributed by atoms with Crippen LogP contribution in [0.25, 0.3) is 0 Å². The summed E-state index contributed by atoms with van der Waals surface area (Å²) in [6, 6.07) is 15.8. The molecule has 0 radical (unpaired) electrons. The van der Waals surface area contributed by atoms with Gasteiger partial charge in [0.25, 0.3) is 0 Å². The minimum absolute atomic E-state index is 0.0510. The first kappa shape index (κ1) is 17.2. The Kier molecular flexibility index (Phi) is 6.05. The highest BCUT2D eigenvalue weighted by molar-refractivity contribution is 7.99. The summed E-state index contributed by atoms with van der Waals surface area (Å²) in [6.45, 7) is 2.21. The second-order valence-corrected chi connectivity index (χ2v) is 7.45. The molecule has 0 atom stereocenters. The highest BCUT2D eigenvalue weighted by Crippen LogP contribution is 2.24. The number of carbonyl (C=O) groups is 1. The Hall–Kier alpha value is -1.65. The minimum Gasteiger partial charge on any atom is -0.371 e. The van der Waals surface area contributed by atoms with Crippen LogP contribution in [-0.4, -0.2) is 24.7 Å². The number of nitrogens with zero attached hydrogens (tertiary/aromatic N) is 1. The van der Waals surface area contributed by atoms with Crippen molar-refractivity contribution in [3.8, 4) is 0 Å². The van der Waals surface area contributed by atoms with Gasteiger partial charge in [0.2, 0.25) is 5.91 Å². The van der Waals surface area contributed by atoms with E-state index in [9.17, 15) is 4.79 Å². The van der Waals surface area contributed by atoms with Crippen LogP contribution in [0.4, 0.5) is 11.4 Å². The Morgan fingerprint density at radius 1 is 1.12 bits per heavy atom. The molecule has 3 rings (SSSR count). The zero-order valence-electron chi connectivity index (χ0n) is 13.5. The molecule has 0 aromatic heterocycles. The van der Waals surface area contributed by atoms with Gasteiger partial charge in [-0.15, -0.1) is 11.8 Å². The number of rotatable bonds is 6. The number of benzene rings is 2. The van der Waals surface area contributed by atoms with Crippen LogP contribution in [0.5, 0.6) is 0 Å². The predicted molar refractivity (Wildman–Crippen MR) is 103 cm³/mol. The SMILES string of the molecule is O=C(CCSc1ccc(Cl)cc1)Nc1cccc(N2CCCC2)c1. The highest BCUT2D eigenvalue weighted by Gasteiger charge is 2.12. The zero-order valence-corrected chi connectivity index (χ0v) is 15.1. The van der Waals surface area contributed by atoms with Crippen LogP contribution < -0.4 is 10.2 Å². The molecular formula is C19H21ClN2OS. The molecule has 0 bridgehead atoms. The van der Waals surface area contributed by atoms with Crippen LogP contribution in [0.2, 0.25) is 5.02 Å². The first-order valence-electron chi connectivity index (χ1n) is 8.24. The molecule has 1 amide bonds. The molecule has 1 fully saturated rings. The van der Waals surface area contributed by atoms with Crippen molar-refractivity contribution < 1.29 is 4.79 Å². The van der Waals surface area contributed by atoms with Gasteiger partial charge in [0, 0.05) is 46.6 Å². The van der Waals surface area contributed by atoms with E-state index in [-0.39, 0.29) is 5.91 Å². The number of amides is 1. The number of halogens is 1. The molecule has 3 nitrogen and oxygen atoms in total. The van der Waals surface area contributed by atoms with Crippen molar-refractivity contribution in [1.82, 2.24) is 0 Å². The Morgan fingerprint density at radius 3 is 2.62 bits per heavy atom. The Morgan fingerprint density at radius 2 is 1.88 bits per heavy atom. The lowest BCUT2D eigenvalue weighted by Gasteiger charge is -2.18. The Labute approximate surface area is 152 Å². The number of anilines is 2. The fourth-order valence-electron chi connectivity index (χ4n) is 2.77. The number of hydrogen-bond donors (Lipinski definition) is 1. The maximum Gasteiger partial charge on any atom is 0.225 e. The van der Waals surface area contributed by atoms with Crippen molar-refractivity contribution in [1.29, 1.82) is 0 Å². The second-order valence-electron chi connectivity index (χ2n) is 5.85. The van der Waals surface area contributed by atoms with E-state index in [1.54, 1.807) is 11.8 Å². The molecule has 126 valence electrons. The Balaban J connectivity index is 1.47. The van der Waals surface area contributed by atoms with Gasteiger partial charge in [0.15, 0.2) is 0 Å². The van der Waals surface area contributed by atoms with Crippen LogP contribution in [0, 0.1) is 0 Å². The third-order valence-electron chi connectivity index (χ3n) is 4.01. The Bertz CT molecular complexity index is 684. The van der Waals surface area contributed by atoms with Gasteiger partial charge in [-0.1, -0.05) is 17.7 Å². The van der Waals surface area contributed by atoms with Gasteiger partial charge in [0.1, 0.15) is 0 Å². The first-order valence-corrected chi connectivity index (χ1v) is 9.60. The van der Waals surface area contributed by atoms with Crippen LogP contribution in [-0.2, 0) is 4.79 Å². The van der Waals surface area contributed by atoms with E-state index in [4.69, 9.17) is 11.6 Å². The van der Waals surface area contributed by atoms with E-state index in [0.717, 1.165) is 34.4 Å². The molecule has 5 heteroatoms. The fourth-order valence-corrected chi connectivity index (χ4v) is 3.75. The van der Waals surface area contributed by atoms with Crippen molar-refractivity contribution >= 4 is 40.6 Å². The molecule has 2 aromatic rings. The number of nitrogens with one attached hydrogen (secondary N) is 1. The van der Waals surface area contributed by atoms with Crippen molar-refractivity contribution in [3.05, 3.63) is 53.6 Å². The summed E-state index contributed by atoms with van der Waals surface area (Å²) in [5.41, 5.74) is 2.07. The van der Waals surface area contributed by atoms with Gasteiger partial charge in [-0.25, -0.2) is 0 Å². The average Bonchev–Trinajstić information content (AvgIpc) is 3.11. The maximum absolute atomic E-state index is 12.1. The van der Waals surface area contributed by atoms with Crippen LogP contribution in [0.3, 0.4) is 0 Å². The predicted octanol–water partition coefficient (Wildman–Crippen LogP) is 5.06. The van der Waals surface area contributed by atoms with Crippen LogP contribution in [0.1, 0.15) is 19.3 Å². The molecule has 1 aliphatic rings. The third-order valence-corrected chi connectivity index (χ3v) is 5.28. The van der Waals surface area contributed by atoms with Gasteiger partial charge >= 0.3 is 0 Å². The summed E-state index contributed by atoms with van der Waals surface area (Å²) in [7, 11) is 0. The molecular weight excluding hydrogens is 340 g/mol. The largest absolute Gasteiger partial charge is 0.371 e. The topological polar surface area (TPSA) is 32.3 Å². The number of carbonyl (C=O) groups excluding carboxylic acids is 1. The molecule has 1 aliphatic heterocycles. The van der Waals surface area contributed by atoms with Gasteiger partial charge < -0.3 is 10.2 Å². The molecule has 0 aliphatic carbocycles. The van der Waals surface area contributed by atoms with E-state index in [2.05, 4.69) is 22.3 Å². The smallest absolute Gasteiger partial charge is 0.225 e. The lowest BCUT2D eigenvalue weighted by Crippen LogP contribution is -2.18. The van der Waals surface area contributed by atoms with Crippen LogP contribution >= 0.6 is 23.4 Å². The third kappa shape index (κ3) is 4.92. The molecule has 1 saturated heterocycles. The van der Waals surface area contributed by atoms with Crippen LogP contribution in [0.15, 0.2) is 53.4 Å². The summed E-state index contributed by atoms with van der Waals surface area (Å²) in [5, 5.41) is 3.73. The number of hydrogen-bond acceptors (Lipinski definition) is 3. The second kappa shape index (κ2) is 8.45. The van der Waals surface area contributed by atoms with E-state index in [1.165, 1.54) is 18.5 Å². The summed E-state index contributed by atoms with van der Waals surface area (Å²) in [4.78, 5) is 15.6. The molecule has 0 saturated carbocycles. The van der Waals surface area contributed by atoms with E-state index < -0.39 is 0 Å². The normalized spacial score (nSPS) is 14.0. The molecule has 0 spiro atoms. The molecule has 1 heterocycles. The van der Waals surface area contributed by atoms with Gasteiger partial charge in [-0.2, -0.15) is 0 Å². The fraction of sp³-hybridized carbons (Fsp3) is 0.316. The van der Waals surface area contributed by atoms with Gasteiger partial charge in [0.05, 0.1) is 0 Å². The molecule has 24 heavy (non-hydrogen) atoms. The lowest BCUT2D eigenvalue weighted by molar-refractivity contribution is -0.115. The van der Waals surface area contributed by atoms with Gasteiger partial charge in [-0.3, -0.25) is 4.79 Å². The molecule has 2 aromatic carbocycles. The molecule has 0 unspecified atom stereocenters. The monoisotopic (exact) mass is 360 g/mol. The van der Waals surface area contributed by atoms with Crippen molar-refractivity contribution in [2.45, 2.75) is 24.2 Å². The van der Waals surface area contributed by atoms with Crippen molar-refractivity contribution in [2.75, 3.05) is 29.1 Å². The summed E-state index contributed by atoms with van der Waals surface area (Å²) >= 11 is 7.53. The summed E-state index contributed by atoms with van der Waals surface area (Å²) in [5.74, 6) is 0.800. The quantitative estimate of drug-likeness (QED) is 0.730. The zero-order chi connectivity index (χ0) is 16.8. The minimum atomic E-state index is 0.0510. The van der Waals surface area contributed by atoms with Crippen molar-refractivity contribution in [2.24, 2.45) is 0 Å². The van der Waals surface area contributed by atoms with E-state index in [1.807, 2.05) is 36.4 Å². The standard InChI is InChI=1S/C19H21ClN2OS/c20-15-6-8-18(9-7-15)24-13-10-19(23)21-16-4-3-5-17(14-16)22-11-1-2-12-22/h3-9,14H,1-2,10-13H2,(H,21,23). The lowest BCUT2D eigenvalue weighted by atomic mass is 10.2. The maximum atomic E-state index is 12.1. The average molecular weight is 361 g/mol. The van der Waals surface area contributed by atoms with E-state index >= 15 is 0 Å². The summed E-state index contributed by atoms with van der Waals surface area (Å²) < 4.78 is 0. The first-order chi connectivity index (χ1) is 11.7. The molecule has 1 N–H and O–H groups in total. The van der Waals surface area contributed by atoms with Gasteiger partial charge in [-0.05, 0) is 55.3 Å². The summed E-state index contributed by atoms with van der Waals surface area (Å²) in [6.07, 6.45) is 2.98. The van der Waals surface area contributed by atoms with Crippen molar-refractivity contribution in [3.63, 3.8) is 0 Å². The highest BCUT2D eigenvalue weighted by atomic mass is 35.5.